The van der Waals surface area contributed by atoms with Crippen LogP contribution >= 0.6 is 0 Å². The fourth-order valence-corrected chi connectivity index (χ4v) is 5.17. The molecule has 0 spiro atoms. The van der Waals surface area contributed by atoms with Gasteiger partial charge in [0, 0.05) is 37.1 Å². The third kappa shape index (κ3) is 3.50. The molecule has 3 atom stereocenters. The van der Waals surface area contributed by atoms with E-state index in [1.54, 1.807) is 0 Å². The van der Waals surface area contributed by atoms with E-state index in [-0.39, 0.29) is 17.6 Å². The fourth-order valence-electron chi connectivity index (χ4n) is 5.17. The van der Waals surface area contributed by atoms with Gasteiger partial charge in [-0.2, -0.15) is 0 Å². The van der Waals surface area contributed by atoms with E-state index in [2.05, 4.69) is 29.4 Å². The van der Waals surface area contributed by atoms with Crippen molar-refractivity contribution < 1.29 is 14.3 Å². The van der Waals surface area contributed by atoms with Crippen LogP contribution in [0.1, 0.15) is 46.0 Å². The van der Waals surface area contributed by atoms with E-state index < -0.39 is 11.8 Å². The van der Waals surface area contributed by atoms with E-state index in [0.717, 1.165) is 44.6 Å². The molecule has 6 nitrogen and oxygen atoms in total. The van der Waals surface area contributed by atoms with Crippen molar-refractivity contribution in [2.45, 2.75) is 58.1 Å². The summed E-state index contributed by atoms with van der Waals surface area (Å²) in [6.07, 6.45) is 5.93. The molecule has 28 heavy (non-hydrogen) atoms. The van der Waals surface area contributed by atoms with Gasteiger partial charge in [0.15, 0.2) is 0 Å². The van der Waals surface area contributed by atoms with Gasteiger partial charge in [0.05, 0.1) is 17.5 Å². The van der Waals surface area contributed by atoms with Crippen LogP contribution in [0, 0.1) is 11.3 Å². The van der Waals surface area contributed by atoms with Crippen LogP contribution in [-0.2, 0) is 14.3 Å². The molecular weight excluding hydrogens is 354 g/mol. The number of fused-ring (bicyclic) bond motifs is 1. The van der Waals surface area contributed by atoms with E-state index in [0.29, 0.717) is 11.6 Å². The zero-order valence-corrected chi connectivity index (χ0v) is 16.9. The molecule has 2 saturated heterocycles. The Kier molecular flexibility index (Phi) is 5.32. The number of carbonyl (C=O) groups excluding carboxylic acids is 2. The standard InChI is InChI=1S/C22H31N3O3/c1-22(2)18(15-11-14-28-19(15)22)24-21(27)20(26)23-16-9-5-6-10-17(16)25-12-7-3-4-8-13-25/h5-6,9-10,15,18-19H,3-4,7-8,11-14H2,1-2H3,(H,23,26)(H,24,27)/t15-,18-,19+/m1/s1. The quantitative estimate of drug-likeness (QED) is 0.785. The van der Waals surface area contributed by atoms with Gasteiger partial charge in [-0.15, -0.1) is 0 Å². The molecular formula is C22H31N3O3. The molecule has 3 aliphatic rings. The first-order valence-electron chi connectivity index (χ1n) is 10.6. The Balaban J connectivity index is 1.42. The van der Waals surface area contributed by atoms with Crippen LogP contribution < -0.4 is 15.5 Å². The Morgan fingerprint density at radius 1 is 1.07 bits per heavy atom. The summed E-state index contributed by atoms with van der Waals surface area (Å²) in [5, 5.41) is 5.81. The minimum absolute atomic E-state index is 0.0147. The van der Waals surface area contributed by atoms with Crippen LogP contribution in [0.5, 0.6) is 0 Å². The predicted molar refractivity (Wildman–Crippen MR) is 109 cm³/mol. The highest BCUT2D eigenvalue weighted by Crippen LogP contribution is 2.52. The van der Waals surface area contributed by atoms with Crippen molar-refractivity contribution in [3.05, 3.63) is 24.3 Å². The van der Waals surface area contributed by atoms with Gasteiger partial charge in [-0.1, -0.05) is 38.8 Å². The number of hydrogen-bond acceptors (Lipinski definition) is 4. The highest BCUT2D eigenvalue weighted by atomic mass is 16.5. The van der Waals surface area contributed by atoms with Gasteiger partial charge in [0.1, 0.15) is 0 Å². The van der Waals surface area contributed by atoms with E-state index in [1.165, 1.54) is 12.8 Å². The maximum Gasteiger partial charge on any atom is 0.313 e. The molecule has 6 heteroatoms. The Morgan fingerprint density at radius 3 is 2.54 bits per heavy atom. The summed E-state index contributed by atoms with van der Waals surface area (Å²) in [6, 6.07) is 7.75. The van der Waals surface area contributed by atoms with Gasteiger partial charge < -0.3 is 20.3 Å². The number of nitrogens with zero attached hydrogens (tertiary/aromatic N) is 1. The van der Waals surface area contributed by atoms with Crippen LogP contribution in [0.15, 0.2) is 24.3 Å². The molecule has 4 rings (SSSR count). The second-order valence-corrected chi connectivity index (χ2v) is 8.89. The number of anilines is 2. The van der Waals surface area contributed by atoms with Gasteiger partial charge in [-0.05, 0) is 31.4 Å². The van der Waals surface area contributed by atoms with Gasteiger partial charge in [0.2, 0.25) is 0 Å². The van der Waals surface area contributed by atoms with Crippen LogP contribution in [-0.4, -0.2) is 43.7 Å². The highest BCUT2D eigenvalue weighted by Gasteiger charge is 2.60. The molecule has 0 bridgehead atoms. The number of carbonyl (C=O) groups is 2. The molecule has 1 aromatic carbocycles. The van der Waals surface area contributed by atoms with Crippen molar-refractivity contribution in [2.75, 3.05) is 29.9 Å². The largest absolute Gasteiger partial charge is 0.377 e. The van der Waals surface area contributed by atoms with Gasteiger partial charge in [-0.25, -0.2) is 0 Å². The topological polar surface area (TPSA) is 70.7 Å². The molecule has 3 fully saturated rings. The Hall–Kier alpha value is -2.08. The lowest BCUT2D eigenvalue weighted by Crippen LogP contribution is -2.67. The molecule has 2 heterocycles. The summed E-state index contributed by atoms with van der Waals surface area (Å²) >= 11 is 0. The summed E-state index contributed by atoms with van der Waals surface area (Å²) in [5.74, 6) is -0.842. The van der Waals surface area contributed by atoms with Gasteiger partial charge >= 0.3 is 11.8 Å². The molecule has 1 aliphatic carbocycles. The number of nitrogens with one attached hydrogen (secondary N) is 2. The van der Waals surface area contributed by atoms with Crippen molar-refractivity contribution in [1.82, 2.24) is 5.32 Å². The van der Waals surface area contributed by atoms with E-state index in [9.17, 15) is 9.59 Å². The molecule has 2 aliphatic heterocycles. The summed E-state index contributed by atoms with van der Waals surface area (Å²) < 4.78 is 5.77. The zero-order valence-electron chi connectivity index (χ0n) is 16.9. The van der Waals surface area contributed by atoms with Crippen molar-refractivity contribution in [3.8, 4) is 0 Å². The smallest absolute Gasteiger partial charge is 0.313 e. The average Bonchev–Trinajstić information content (AvgIpc) is 2.98. The summed E-state index contributed by atoms with van der Waals surface area (Å²) in [4.78, 5) is 27.5. The van der Waals surface area contributed by atoms with Crippen LogP contribution in [0.3, 0.4) is 0 Å². The van der Waals surface area contributed by atoms with E-state index >= 15 is 0 Å². The first kappa shape index (κ1) is 19.2. The lowest BCUT2D eigenvalue weighted by molar-refractivity contribution is -0.145. The zero-order chi connectivity index (χ0) is 19.7. The van der Waals surface area contributed by atoms with E-state index in [4.69, 9.17) is 4.74 Å². The Labute approximate surface area is 167 Å². The SMILES string of the molecule is CC1(C)[C@H](NC(=O)C(=O)Nc2ccccc2N2CCCCCC2)[C@H]2CCO[C@@H]21. The third-order valence-corrected chi connectivity index (χ3v) is 6.69. The maximum absolute atomic E-state index is 12.6. The first-order valence-corrected chi connectivity index (χ1v) is 10.6. The minimum atomic E-state index is -0.597. The molecule has 1 aromatic rings. The fraction of sp³-hybridized carbons (Fsp3) is 0.636. The molecule has 0 radical (unpaired) electrons. The monoisotopic (exact) mass is 385 g/mol. The number of benzene rings is 1. The molecule has 1 saturated carbocycles. The lowest BCUT2D eigenvalue weighted by atomic mass is 9.57. The molecule has 2 N–H and O–H groups in total. The normalized spacial score (nSPS) is 28.6. The maximum atomic E-state index is 12.6. The first-order chi connectivity index (χ1) is 13.5. The second-order valence-electron chi connectivity index (χ2n) is 8.89. The number of amides is 2. The van der Waals surface area contributed by atoms with Crippen LogP contribution in [0.4, 0.5) is 11.4 Å². The number of para-hydroxylation sites is 2. The second kappa shape index (κ2) is 7.74. The Morgan fingerprint density at radius 2 is 1.79 bits per heavy atom. The minimum Gasteiger partial charge on any atom is -0.377 e. The molecule has 152 valence electrons. The van der Waals surface area contributed by atoms with Crippen molar-refractivity contribution in [2.24, 2.45) is 11.3 Å². The van der Waals surface area contributed by atoms with Crippen LogP contribution in [0.25, 0.3) is 0 Å². The van der Waals surface area contributed by atoms with Crippen molar-refractivity contribution >= 4 is 23.2 Å². The van der Waals surface area contributed by atoms with Gasteiger partial charge in [-0.3, -0.25) is 9.59 Å². The summed E-state index contributed by atoms with van der Waals surface area (Å²) in [6.45, 7) is 6.89. The summed E-state index contributed by atoms with van der Waals surface area (Å²) in [7, 11) is 0. The van der Waals surface area contributed by atoms with Crippen molar-refractivity contribution in [3.63, 3.8) is 0 Å². The average molecular weight is 386 g/mol. The molecule has 2 amide bonds. The molecule has 0 aromatic heterocycles. The van der Waals surface area contributed by atoms with Crippen LogP contribution in [0.2, 0.25) is 0 Å². The van der Waals surface area contributed by atoms with E-state index in [1.807, 2.05) is 24.3 Å². The number of hydrogen-bond donors (Lipinski definition) is 2. The number of ether oxygens (including phenoxy) is 1. The predicted octanol–water partition coefficient (Wildman–Crippen LogP) is 2.94. The number of rotatable bonds is 3. The van der Waals surface area contributed by atoms with Gasteiger partial charge in [0.25, 0.3) is 0 Å². The lowest BCUT2D eigenvalue weighted by Gasteiger charge is -2.54. The van der Waals surface area contributed by atoms with Crippen molar-refractivity contribution in [1.29, 1.82) is 0 Å². The summed E-state index contributed by atoms with van der Waals surface area (Å²) in [5.41, 5.74) is 1.57. The Bertz CT molecular complexity index is 740. The third-order valence-electron chi connectivity index (χ3n) is 6.69. The highest BCUT2D eigenvalue weighted by molar-refractivity contribution is 6.40. The molecule has 0 unspecified atom stereocenters.